The molecule has 0 spiro atoms. The Labute approximate surface area is 163 Å². The zero-order valence-corrected chi connectivity index (χ0v) is 16.2. The summed E-state index contributed by atoms with van der Waals surface area (Å²) >= 11 is 0. The van der Waals surface area contributed by atoms with Crippen LogP contribution in [0.2, 0.25) is 0 Å². The summed E-state index contributed by atoms with van der Waals surface area (Å²) in [5, 5.41) is 2.93. The maximum absolute atomic E-state index is 12.5. The summed E-state index contributed by atoms with van der Waals surface area (Å²) in [6, 6.07) is 14.2. The van der Waals surface area contributed by atoms with E-state index in [0.717, 1.165) is 25.2 Å². The van der Waals surface area contributed by atoms with Crippen LogP contribution in [0.15, 0.2) is 47.3 Å². The van der Waals surface area contributed by atoms with Crippen molar-refractivity contribution in [3.05, 3.63) is 58.5 Å². The molecule has 1 atom stereocenters. The van der Waals surface area contributed by atoms with Gasteiger partial charge in [0, 0.05) is 37.1 Å². The van der Waals surface area contributed by atoms with Crippen molar-refractivity contribution in [1.29, 1.82) is 0 Å². The fourth-order valence-corrected chi connectivity index (χ4v) is 3.88. The number of fused-ring (bicyclic) bond motifs is 1. The molecule has 3 aromatic rings. The van der Waals surface area contributed by atoms with Gasteiger partial charge >= 0.3 is 5.69 Å². The average molecular weight is 379 g/mol. The number of rotatable bonds is 4. The highest BCUT2D eigenvalue weighted by atomic mass is 16.2. The molecule has 0 saturated carbocycles. The summed E-state index contributed by atoms with van der Waals surface area (Å²) in [4.78, 5) is 33.8. The third-order valence-corrected chi connectivity index (χ3v) is 5.21. The van der Waals surface area contributed by atoms with Gasteiger partial charge in [0.25, 0.3) is 0 Å². The molecule has 146 valence electrons. The Balaban J connectivity index is 1.35. The molecule has 28 heavy (non-hydrogen) atoms. The van der Waals surface area contributed by atoms with Gasteiger partial charge < -0.3 is 20.2 Å². The number of benzene rings is 2. The fourth-order valence-electron chi connectivity index (χ4n) is 3.88. The van der Waals surface area contributed by atoms with Crippen molar-refractivity contribution >= 4 is 28.3 Å². The standard InChI is InChI=1S/C21H25N5O2/c1-14-4-3-5-17(10-14)26-9-8-25(12-15(26)2)13-20(27)22-16-6-7-18-19(11-16)24-21(28)23-18/h3-7,10-11,15H,8-9,12-13H2,1-2H3,(H,22,27)(H2,23,24,28)/t15-/m1/s1. The number of aromatic amines is 2. The van der Waals surface area contributed by atoms with Crippen molar-refractivity contribution < 1.29 is 4.79 Å². The van der Waals surface area contributed by atoms with E-state index in [-0.39, 0.29) is 11.6 Å². The number of imidazole rings is 1. The van der Waals surface area contributed by atoms with Crippen LogP contribution >= 0.6 is 0 Å². The van der Waals surface area contributed by atoms with Crippen molar-refractivity contribution in [3.8, 4) is 0 Å². The Bertz CT molecular complexity index is 1050. The van der Waals surface area contributed by atoms with E-state index in [4.69, 9.17) is 0 Å². The lowest BCUT2D eigenvalue weighted by Crippen LogP contribution is -2.53. The number of H-pyrrole nitrogens is 2. The van der Waals surface area contributed by atoms with Crippen molar-refractivity contribution in [2.75, 3.05) is 36.4 Å². The SMILES string of the molecule is Cc1cccc(N2CCN(CC(=O)Nc3ccc4[nH]c(=O)[nH]c4c3)C[C@H]2C)c1. The smallest absolute Gasteiger partial charge is 0.323 e. The normalized spacial score (nSPS) is 17.8. The number of aryl methyl sites for hydroxylation is 1. The van der Waals surface area contributed by atoms with Crippen molar-refractivity contribution in [3.63, 3.8) is 0 Å². The lowest BCUT2D eigenvalue weighted by atomic mass is 10.1. The van der Waals surface area contributed by atoms with Gasteiger partial charge in [-0.3, -0.25) is 9.69 Å². The number of anilines is 2. The number of hydrogen-bond donors (Lipinski definition) is 3. The largest absolute Gasteiger partial charge is 0.366 e. The Kier molecular flexibility index (Phi) is 4.92. The number of amides is 1. The molecular weight excluding hydrogens is 354 g/mol. The summed E-state index contributed by atoms with van der Waals surface area (Å²) in [5.41, 5.74) is 4.34. The number of carbonyl (C=O) groups excluding carboxylic acids is 1. The molecule has 1 saturated heterocycles. The number of carbonyl (C=O) groups is 1. The molecule has 1 aliphatic heterocycles. The van der Waals surface area contributed by atoms with Crippen molar-refractivity contribution in [1.82, 2.24) is 14.9 Å². The summed E-state index contributed by atoms with van der Waals surface area (Å²) in [5.74, 6) is -0.0477. The Hall–Kier alpha value is -3.06. The first kappa shape index (κ1) is 18.3. The first-order chi connectivity index (χ1) is 13.5. The molecule has 0 unspecified atom stereocenters. The van der Waals surface area contributed by atoms with E-state index in [0.29, 0.717) is 23.8 Å². The zero-order valence-electron chi connectivity index (χ0n) is 16.2. The third kappa shape index (κ3) is 3.94. The van der Waals surface area contributed by atoms with Crippen LogP contribution in [0.3, 0.4) is 0 Å². The van der Waals surface area contributed by atoms with E-state index >= 15 is 0 Å². The van der Waals surface area contributed by atoms with E-state index < -0.39 is 0 Å². The van der Waals surface area contributed by atoms with Crippen LogP contribution in [0.5, 0.6) is 0 Å². The third-order valence-electron chi connectivity index (χ3n) is 5.21. The molecule has 1 aromatic heterocycles. The van der Waals surface area contributed by atoms with Crippen LogP contribution in [-0.2, 0) is 4.79 Å². The molecule has 7 nitrogen and oxygen atoms in total. The van der Waals surface area contributed by atoms with E-state index in [1.165, 1.54) is 11.3 Å². The minimum absolute atomic E-state index is 0.0477. The van der Waals surface area contributed by atoms with E-state index in [1.54, 1.807) is 18.2 Å². The van der Waals surface area contributed by atoms with E-state index in [2.05, 4.69) is 63.2 Å². The second-order valence-electron chi connectivity index (χ2n) is 7.50. The topological polar surface area (TPSA) is 84.2 Å². The molecule has 0 radical (unpaired) electrons. The van der Waals surface area contributed by atoms with Gasteiger partial charge in [-0.05, 0) is 49.7 Å². The van der Waals surface area contributed by atoms with Gasteiger partial charge in [0.15, 0.2) is 0 Å². The predicted molar refractivity (Wildman–Crippen MR) is 112 cm³/mol. The fraction of sp³-hybridized carbons (Fsp3) is 0.333. The number of aromatic nitrogens is 2. The predicted octanol–water partition coefficient (Wildman–Crippen LogP) is 2.31. The molecule has 0 bridgehead atoms. The number of hydrogen-bond acceptors (Lipinski definition) is 4. The van der Waals surface area contributed by atoms with Gasteiger partial charge in [0.1, 0.15) is 0 Å². The number of nitrogens with zero attached hydrogens (tertiary/aromatic N) is 2. The van der Waals surface area contributed by atoms with Gasteiger partial charge in [0.2, 0.25) is 5.91 Å². The number of piperazine rings is 1. The highest BCUT2D eigenvalue weighted by Gasteiger charge is 2.25. The van der Waals surface area contributed by atoms with Crippen molar-refractivity contribution in [2.45, 2.75) is 19.9 Å². The van der Waals surface area contributed by atoms with Gasteiger partial charge in [-0.1, -0.05) is 12.1 Å². The lowest BCUT2D eigenvalue weighted by Gasteiger charge is -2.41. The minimum atomic E-state index is -0.251. The highest BCUT2D eigenvalue weighted by Crippen LogP contribution is 2.21. The Morgan fingerprint density at radius 3 is 2.75 bits per heavy atom. The second kappa shape index (κ2) is 7.52. The molecule has 0 aliphatic carbocycles. The minimum Gasteiger partial charge on any atom is -0.366 e. The molecule has 4 rings (SSSR count). The first-order valence-corrected chi connectivity index (χ1v) is 9.55. The molecule has 1 fully saturated rings. The summed E-state index contributed by atoms with van der Waals surface area (Å²) < 4.78 is 0. The molecule has 2 aromatic carbocycles. The quantitative estimate of drug-likeness (QED) is 0.650. The van der Waals surface area contributed by atoms with Crippen LogP contribution in [0, 0.1) is 6.92 Å². The summed E-state index contributed by atoms with van der Waals surface area (Å²) in [6.45, 7) is 7.24. The lowest BCUT2D eigenvalue weighted by molar-refractivity contribution is -0.117. The van der Waals surface area contributed by atoms with Crippen LogP contribution in [0.1, 0.15) is 12.5 Å². The first-order valence-electron chi connectivity index (χ1n) is 9.55. The molecule has 1 aliphatic rings. The van der Waals surface area contributed by atoms with Crippen LogP contribution < -0.4 is 15.9 Å². The van der Waals surface area contributed by atoms with E-state index in [1.807, 2.05) is 0 Å². The average Bonchev–Trinajstić information content (AvgIpc) is 3.01. The van der Waals surface area contributed by atoms with Crippen LogP contribution in [0.4, 0.5) is 11.4 Å². The molecule has 2 heterocycles. The molecule has 3 N–H and O–H groups in total. The zero-order chi connectivity index (χ0) is 19.7. The molecular formula is C21H25N5O2. The van der Waals surface area contributed by atoms with Gasteiger partial charge in [-0.15, -0.1) is 0 Å². The number of nitrogens with one attached hydrogen (secondary N) is 3. The van der Waals surface area contributed by atoms with Gasteiger partial charge in [-0.2, -0.15) is 0 Å². The van der Waals surface area contributed by atoms with Crippen LogP contribution in [0.25, 0.3) is 11.0 Å². The van der Waals surface area contributed by atoms with Crippen molar-refractivity contribution in [2.24, 2.45) is 0 Å². The van der Waals surface area contributed by atoms with Gasteiger partial charge in [0.05, 0.1) is 17.6 Å². The van der Waals surface area contributed by atoms with Crippen LogP contribution in [-0.4, -0.2) is 53.0 Å². The Morgan fingerprint density at radius 1 is 1.14 bits per heavy atom. The highest BCUT2D eigenvalue weighted by molar-refractivity contribution is 5.94. The maximum atomic E-state index is 12.5. The summed E-state index contributed by atoms with van der Waals surface area (Å²) in [7, 11) is 0. The van der Waals surface area contributed by atoms with Gasteiger partial charge in [-0.25, -0.2) is 4.79 Å². The van der Waals surface area contributed by atoms with E-state index in [9.17, 15) is 9.59 Å². The molecule has 7 heteroatoms. The maximum Gasteiger partial charge on any atom is 0.323 e. The second-order valence-corrected chi connectivity index (χ2v) is 7.50. The molecule has 1 amide bonds. The summed E-state index contributed by atoms with van der Waals surface area (Å²) in [6.07, 6.45) is 0. The Morgan fingerprint density at radius 2 is 1.96 bits per heavy atom. The monoisotopic (exact) mass is 379 g/mol.